The molecule has 4 fully saturated rings. The van der Waals surface area contributed by atoms with Crippen molar-refractivity contribution in [1.82, 2.24) is 15.1 Å². The van der Waals surface area contributed by atoms with Gasteiger partial charge < -0.3 is 5.32 Å². The van der Waals surface area contributed by atoms with Gasteiger partial charge in [0.15, 0.2) is 5.69 Å². The van der Waals surface area contributed by atoms with Gasteiger partial charge in [-0.15, -0.1) is 0 Å². The Kier molecular flexibility index (Phi) is 5.67. The summed E-state index contributed by atoms with van der Waals surface area (Å²) < 4.78 is 1.75. The van der Waals surface area contributed by atoms with Crippen molar-refractivity contribution in [2.45, 2.75) is 45.1 Å². The van der Waals surface area contributed by atoms with Crippen molar-refractivity contribution in [1.29, 1.82) is 0 Å². The number of aromatic nitrogens is 2. The van der Waals surface area contributed by atoms with Gasteiger partial charge in [0.05, 0.1) is 16.4 Å². The average Bonchev–Trinajstić information content (AvgIpc) is 3.13. The molecule has 4 aliphatic rings. The molecule has 1 amide bonds. The number of carbonyl (C=O) groups excluding carboxylic acids is 1. The summed E-state index contributed by atoms with van der Waals surface area (Å²) in [5.74, 6) is 2.82. The lowest BCUT2D eigenvalue weighted by Crippen LogP contribution is -2.55. The zero-order chi connectivity index (χ0) is 23.6. The SMILES string of the molecule is Cc1c(C(=O)NC2C3CC4CC(C3)CC2C4)nn(-c2ccc(Cl)cc2Cl)c1-c1ccc(Cl)cc1. The predicted octanol–water partition coefficient (Wildman–Crippen LogP) is 7.36. The molecule has 34 heavy (non-hydrogen) atoms. The van der Waals surface area contributed by atoms with Crippen LogP contribution in [-0.2, 0) is 0 Å². The van der Waals surface area contributed by atoms with Crippen LogP contribution in [0.1, 0.15) is 48.2 Å². The minimum absolute atomic E-state index is 0.103. The topological polar surface area (TPSA) is 46.9 Å². The predicted molar refractivity (Wildman–Crippen MR) is 137 cm³/mol. The van der Waals surface area contributed by atoms with Crippen molar-refractivity contribution in [3.63, 3.8) is 0 Å². The quantitative estimate of drug-likeness (QED) is 0.395. The van der Waals surface area contributed by atoms with Crippen LogP contribution in [0.2, 0.25) is 15.1 Å². The average molecular weight is 515 g/mol. The highest BCUT2D eigenvalue weighted by atomic mass is 35.5. The van der Waals surface area contributed by atoms with E-state index in [2.05, 4.69) is 5.32 Å². The number of hydrogen-bond donors (Lipinski definition) is 1. The van der Waals surface area contributed by atoms with E-state index in [1.165, 1.54) is 32.1 Å². The van der Waals surface area contributed by atoms with Crippen LogP contribution in [0.5, 0.6) is 0 Å². The first-order valence-corrected chi connectivity index (χ1v) is 13.1. The molecular formula is C27H26Cl3N3O. The number of benzene rings is 2. The molecule has 1 N–H and O–H groups in total. The molecule has 0 atom stereocenters. The number of carbonyl (C=O) groups is 1. The van der Waals surface area contributed by atoms with Crippen LogP contribution in [0.3, 0.4) is 0 Å². The second-order valence-corrected chi connectivity index (χ2v) is 11.5. The number of rotatable bonds is 4. The molecule has 4 saturated carbocycles. The van der Waals surface area contributed by atoms with Gasteiger partial charge in [-0.25, -0.2) is 4.68 Å². The molecule has 3 aromatic rings. The van der Waals surface area contributed by atoms with Gasteiger partial charge in [-0.2, -0.15) is 5.10 Å². The van der Waals surface area contributed by atoms with Gasteiger partial charge in [0.25, 0.3) is 5.91 Å². The van der Waals surface area contributed by atoms with Gasteiger partial charge in [0, 0.05) is 27.2 Å². The minimum Gasteiger partial charge on any atom is -0.347 e. The molecule has 0 radical (unpaired) electrons. The van der Waals surface area contributed by atoms with Gasteiger partial charge in [-0.1, -0.05) is 46.9 Å². The largest absolute Gasteiger partial charge is 0.347 e. The van der Waals surface area contributed by atoms with Crippen LogP contribution >= 0.6 is 34.8 Å². The molecule has 0 aliphatic heterocycles. The Balaban J connectivity index is 1.39. The molecule has 2 aromatic carbocycles. The Labute approximate surface area is 214 Å². The normalized spacial score (nSPS) is 27.2. The zero-order valence-electron chi connectivity index (χ0n) is 18.9. The fourth-order valence-electron chi connectivity index (χ4n) is 6.87. The second kappa shape index (κ2) is 8.58. The summed E-state index contributed by atoms with van der Waals surface area (Å²) in [6, 6.07) is 13.1. The van der Waals surface area contributed by atoms with Gasteiger partial charge >= 0.3 is 0 Å². The molecule has 0 unspecified atom stereocenters. The van der Waals surface area contributed by atoms with Crippen LogP contribution in [0.15, 0.2) is 42.5 Å². The first-order valence-electron chi connectivity index (χ1n) is 12.0. The fraction of sp³-hybridized carbons (Fsp3) is 0.407. The Hall–Kier alpha value is -2.01. The van der Waals surface area contributed by atoms with Gasteiger partial charge in [-0.05, 0) is 93.0 Å². The summed E-state index contributed by atoms with van der Waals surface area (Å²) in [5, 5.41) is 9.87. The summed E-state index contributed by atoms with van der Waals surface area (Å²) in [6.07, 6.45) is 6.40. The summed E-state index contributed by atoms with van der Waals surface area (Å²) in [5.41, 5.74) is 3.65. The molecule has 4 nitrogen and oxygen atoms in total. The number of hydrogen-bond acceptors (Lipinski definition) is 2. The van der Waals surface area contributed by atoms with E-state index >= 15 is 0 Å². The van der Waals surface area contributed by atoms with Crippen molar-refractivity contribution < 1.29 is 4.79 Å². The third kappa shape index (κ3) is 3.84. The van der Waals surface area contributed by atoms with Crippen LogP contribution in [0, 0.1) is 30.6 Å². The summed E-state index contributed by atoms with van der Waals surface area (Å²) in [7, 11) is 0. The van der Waals surface area contributed by atoms with E-state index in [4.69, 9.17) is 39.9 Å². The van der Waals surface area contributed by atoms with E-state index in [1.54, 1.807) is 16.8 Å². The molecule has 7 rings (SSSR count). The number of halogens is 3. The molecule has 176 valence electrons. The van der Waals surface area contributed by atoms with Crippen molar-refractivity contribution in [2.24, 2.45) is 23.7 Å². The maximum atomic E-state index is 13.6. The zero-order valence-corrected chi connectivity index (χ0v) is 21.2. The van der Waals surface area contributed by atoms with Gasteiger partial charge in [-0.3, -0.25) is 4.79 Å². The third-order valence-corrected chi connectivity index (χ3v) is 8.91. The van der Waals surface area contributed by atoms with E-state index in [0.29, 0.717) is 38.3 Å². The molecule has 0 spiro atoms. The highest BCUT2D eigenvalue weighted by Crippen LogP contribution is 2.53. The number of nitrogens with one attached hydrogen (secondary N) is 1. The Morgan fingerprint density at radius 3 is 2.15 bits per heavy atom. The van der Waals surface area contributed by atoms with E-state index in [1.807, 2.05) is 37.3 Å². The molecular weight excluding hydrogens is 489 g/mol. The van der Waals surface area contributed by atoms with Crippen LogP contribution in [-0.4, -0.2) is 21.7 Å². The van der Waals surface area contributed by atoms with Gasteiger partial charge in [0.2, 0.25) is 0 Å². The monoisotopic (exact) mass is 513 g/mol. The molecule has 4 bridgehead atoms. The van der Waals surface area contributed by atoms with Crippen LogP contribution in [0.4, 0.5) is 0 Å². The Morgan fingerprint density at radius 2 is 1.53 bits per heavy atom. The van der Waals surface area contributed by atoms with Crippen LogP contribution in [0.25, 0.3) is 16.9 Å². The summed E-state index contributed by atoms with van der Waals surface area (Å²) >= 11 is 18.8. The minimum atomic E-state index is -0.103. The molecule has 1 heterocycles. The number of amides is 1. The lowest BCUT2D eigenvalue weighted by Gasteiger charge is -2.54. The maximum absolute atomic E-state index is 13.6. The number of nitrogens with zero attached hydrogens (tertiary/aromatic N) is 2. The highest BCUT2D eigenvalue weighted by molar-refractivity contribution is 6.35. The summed E-state index contributed by atoms with van der Waals surface area (Å²) in [6.45, 7) is 1.95. The lowest BCUT2D eigenvalue weighted by molar-refractivity contribution is -0.0120. The Bertz CT molecular complexity index is 1240. The van der Waals surface area contributed by atoms with Crippen molar-refractivity contribution in [2.75, 3.05) is 0 Å². The van der Waals surface area contributed by atoms with E-state index < -0.39 is 0 Å². The Morgan fingerprint density at radius 1 is 0.912 bits per heavy atom. The van der Waals surface area contributed by atoms with E-state index in [0.717, 1.165) is 28.7 Å². The first-order chi connectivity index (χ1) is 16.4. The van der Waals surface area contributed by atoms with Crippen molar-refractivity contribution in [3.8, 4) is 16.9 Å². The first kappa shape index (κ1) is 22.5. The highest BCUT2D eigenvalue weighted by Gasteiger charge is 2.48. The molecule has 7 heteroatoms. The van der Waals surface area contributed by atoms with Crippen molar-refractivity contribution in [3.05, 3.63) is 68.8 Å². The smallest absolute Gasteiger partial charge is 0.272 e. The molecule has 1 aromatic heterocycles. The molecule has 0 saturated heterocycles. The third-order valence-electron chi connectivity index (χ3n) is 8.12. The molecule has 4 aliphatic carbocycles. The summed E-state index contributed by atoms with van der Waals surface area (Å²) in [4.78, 5) is 13.6. The van der Waals surface area contributed by atoms with Gasteiger partial charge in [0.1, 0.15) is 0 Å². The van der Waals surface area contributed by atoms with Crippen LogP contribution < -0.4 is 5.32 Å². The fourth-order valence-corrected chi connectivity index (χ4v) is 7.48. The van der Waals surface area contributed by atoms with E-state index in [9.17, 15) is 4.79 Å². The van der Waals surface area contributed by atoms with E-state index in [-0.39, 0.29) is 11.9 Å². The second-order valence-electron chi connectivity index (χ2n) is 10.3. The van der Waals surface area contributed by atoms with Crippen molar-refractivity contribution >= 4 is 40.7 Å². The lowest BCUT2D eigenvalue weighted by atomic mass is 9.54. The standard InChI is InChI=1S/C27H26Cl3N3O/c1-14-24(27(34)31-25-18-9-15-8-16(11-18)12-19(25)10-15)32-33(23-7-6-21(29)13-22(23)30)26(14)17-2-4-20(28)5-3-17/h2-7,13,15-16,18-19,25H,8-12H2,1H3,(H,31,34). The maximum Gasteiger partial charge on any atom is 0.272 e.